The number of ether oxygens (including phenoxy) is 1. The first-order valence-electron chi connectivity index (χ1n) is 9.18. The summed E-state index contributed by atoms with van der Waals surface area (Å²) in [4.78, 5) is 38.8. The SMILES string of the molecule is COC(=O)c1c(NC(=O)/C=C/c2ccc(C(C)C)cc2)sc(C(=O)N(C)C)c1C. The Morgan fingerprint density at radius 1 is 1.14 bits per heavy atom. The summed E-state index contributed by atoms with van der Waals surface area (Å²) in [5, 5.41) is 3.00. The molecule has 1 aromatic heterocycles. The maximum atomic E-state index is 12.4. The van der Waals surface area contributed by atoms with Crippen LogP contribution < -0.4 is 5.32 Å². The number of benzene rings is 1. The quantitative estimate of drug-likeness (QED) is 0.564. The lowest BCUT2D eigenvalue weighted by Crippen LogP contribution is -2.21. The van der Waals surface area contributed by atoms with Crippen LogP contribution in [0.15, 0.2) is 30.3 Å². The molecule has 1 aromatic carbocycles. The first-order valence-corrected chi connectivity index (χ1v) is 9.99. The molecule has 1 heterocycles. The monoisotopic (exact) mass is 414 g/mol. The minimum absolute atomic E-state index is 0.200. The number of thiophene rings is 1. The van der Waals surface area contributed by atoms with Gasteiger partial charge in [0.2, 0.25) is 5.91 Å². The summed E-state index contributed by atoms with van der Waals surface area (Å²) in [5.41, 5.74) is 2.81. The third-order valence-corrected chi connectivity index (χ3v) is 5.60. The zero-order valence-electron chi connectivity index (χ0n) is 17.5. The summed E-state index contributed by atoms with van der Waals surface area (Å²) in [6, 6.07) is 7.95. The largest absolute Gasteiger partial charge is 0.465 e. The maximum Gasteiger partial charge on any atom is 0.341 e. The minimum atomic E-state index is -0.597. The van der Waals surface area contributed by atoms with E-state index in [4.69, 9.17) is 4.74 Å². The molecule has 29 heavy (non-hydrogen) atoms. The van der Waals surface area contributed by atoms with Gasteiger partial charge in [0.05, 0.1) is 17.6 Å². The van der Waals surface area contributed by atoms with Crippen LogP contribution in [-0.4, -0.2) is 43.9 Å². The number of nitrogens with one attached hydrogen (secondary N) is 1. The van der Waals surface area contributed by atoms with Crippen LogP contribution in [-0.2, 0) is 9.53 Å². The Hall–Kier alpha value is -2.93. The fraction of sp³-hybridized carbons (Fsp3) is 0.318. The summed E-state index contributed by atoms with van der Waals surface area (Å²) < 4.78 is 4.83. The Bertz CT molecular complexity index is 940. The first kappa shape index (κ1) is 22.4. The highest BCUT2D eigenvalue weighted by molar-refractivity contribution is 7.18. The van der Waals surface area contributed by atoms with Crippen LogP contribution in [0.2, 0.25) is 0 Å². The van der Waals surface area contributed by atoms with Gasteiger partial charge in [-0.2, -0.15) is 0 Å². The Morgan fingerprint density at radius 3 is 2.28 bits per heavy atom. The molecule has 1 N–H and O–H groups in total. The summed E-state index contributed by atoms with van der Waals surface area (Å²) in [6.45, 7) is 5.91. The third kappa shape index (κ3) is 5.32. The van der Waals surface area contributed by atoms with Crippen molar-refractivity contribution >= 4 is 40.2 Å². The fourth-order valence-electron chi connectivity index (χ4n) is 2.67. The molecular weight excluding hydrogens is 388 g/mol. The molecule has 0 aliphatic carbocycles. The van der Waals surface area contributed by atoms with Crippen molar-refractivity contribution in [3.05, 3.63) is 57.5 Å². The predicted octanol–water partition coefficient (Wildman–Crippen LogP) is 4.32. The second kappa shape index (κ2) is 9.52. The number of carbonyl (C=O) groups excluding carboxylic acids is 3. The molecule has 2 amide bonds. The molecule has 2 aromatic rings. The van der Waals surface area contributed by atoms with Crippen LogP contribution in [0, 0.1) is 6.92 Å². The van der Waals surface area contributed by atoms with E-state index in [9.17, 15) is 14.4 Å². The highest BCUT2D eigenvalue weighted by atomic mass is 32.1. The number of anilines is 1. The van der Waals surface area contributed by atoms with Crippen molar-refractivity contribution in [2.24, 2.45) is 0 Å². The molecule has 0 aliphatic rings. The van der Waals surface area contributed by atoms with Gasteiger partial charge in [0, 0.05) is 20.2 Å². The first-order chi connectivity index (χ1) is 13.6. The van der Waals surface area contributed by atoms with Gasteiger partial charge in [-0.25, -0.2) is 4.79 Å². The number of hydrogen-bond acceptors (Lipinski definition) is 5. The molecule has 0 unspecified atom stereocenters. The van der Waals surface area contributed by atoms with Crippen LogP contribution in [0.3, 0.4) is 0 Å². The topological polar surface area (TPSA) is 75.7 Å². The smallest absolute Gasteiger partial charge is 0.341 e. The van der Waals surface area contributed by atoms with Gasteiger partial charge >= 0.3 is 5.97 Å². The van der Waals surface area contributed by atoms with Crippen LogP contribution in [0.5, 0.6) is 0 Å². The average molecular weight is 415 g/mol. The van der Waals surface area contributed by atoms with E-state index in [0.29, 0.717) is 21.4 Å². The molecular formula is C22H26N2O4S. The van der Waals surface area contributed by atoms with E-state index in [2.05, 4.69) is 19.2 Å². The number of nitrogens with zero attached hydrogens (tertiary/aromatic N) is 1. The van der Waals surface area contributed by atoms with E-state index in [1.54, 1.807) is 27.1 Å². The molecule has 7 heteroatoms. The molecule has 0 spiro atoms. The molecule has 6 nitrogen and oxygen atoms in total. The van der Waals surface area contributed by atoms with Crippen molar-refractivity contribution in [2.75, 3.05) is 26.5 Å². The number of esters is 1. The molecule has 0 fully saturated rings. The summed E-state index contributed by atoms with van der Waals surface area (Å²) in [6.07, 6.45) is 3.09. The standard InChI is InChI=1S/C22H26N2O4S/c1-13(2)16-10-7-15(8-11-16)9-12-17(25)23-20-18(22(27)28-6)14(3)19(29-20)21(26)24(4)5/h7-13H,1-6H3,(H,23,25)/b12-9+. The Kier molecular flexibility index (Phi) is 7.34. The van der Waals surface area contributed by atoms with E-state index in [1.165, 1.54) is 23.6 Å². The van der Waals surface area contributed by atoms with Gasteiger partial charge < -0.3 is 15.0 Å². The zero-order valence-corrected chi connectivity index (χ0v) is 18.3. The summed E-state index contributed by atoms with van der Waals surface area (Å²) in [5.74, 6) is -0.790. The molecule has 154 valence electrons. The third-order valence-electron chi connectivity index (χ3n) is 4.40. The van der Waals surface area contributed by atoms with Gasteiger partial charge in [0.15, 0.2) is 0 Å². The van der Waals surface area contributed by atoms with Crippen molar-refractivity contribution in [3.63, 3.8) is 0 Å². The Labute approximate surface area is 175 Å². The highest BCUT2D eigenvalue weighted by Crippen LogP contribution is 2.34. The van der Waals surface area contributed by atoms with Crippen LogP contribution in [0.25, 0.3) is 6.08 Å². The number of rotatable bonds is 6. The molecule has 0 bridgehead atoms. The fourth-order valence-corrected chi connectivity index (χ4v) is 3.89. The lowest BCUT2D eigenvalue weighted by Gasteiger charge is -2.08. The van der Waals surface area contributed by atoms with Crippen molar-refractivity contribution in [2.45, 2.75) is 26.7 Å². The van der Waals surface area contributed by atoms with Crippen molar-refractivity contribution < 1.29 is 19.1 Å². The second-order valence-electron chi connectivity index (χ2n) is 7.10. The highest BCUT2D eigenvalue weighted by Gasteiger charge is 2.26. The lowest BCUT2D eigenvalue weighted by molar-refractivity contribution is -0.111. The molecule has 0 aliphatic heterocycles. The second-order valence-corrected chi connectivity index (χ2v) is 8.12. The molecule has 0 radical (unpaired) electrons. The van der Waals surface area contributed by atoms with Gasteiger partial charge in [0.1, 0.15) is 5.00 Å². The van der Waals surface area contributed by atoms with Gasteiger partial charge in [-0.3, -0.25) is 9.59 Å². The zero-order chi connectivity index (χ0) is 21.7. The summed E-state index contributed by atoms with van der Waals surface area (Å²) >= 11 is 1.06. The van der Waals surface area contributed by atoms with E-state index < -0.39 is 11.9 Å². The van der Waals surface area contributed by atoms with Crippen LogP contribution >= 0.6 is 11.3 Å². The van der Waals surface area contributed by atoms with E-state index in [-0.39, 0.29) is 11.5 Å². The minimum Gasteiger partial charge on any atom is -0.465 e. The van der Waals surface area contributed by atoms with E-state index >= 15 is 0 Å². The summed E-state index contributed by atoms with van der Waals surface area (Å²) in [7, 11) is 4.52. The average Bonchev–Trinajstić information content (AvgIpc) is 3.01. The maximum absolute atomic E-state index is 12.4. The number of carbonyl (C=O) groups is 3. The molecule has 0 saturated carbocycles. The lowest BCUT2D eigenvalue weighted by atomic mass is 10.0. The van der Waals surface area contributed by atoms with Gasteiger partial charge in [-0.15, -0.1) is 11.3 Å². The van der Waals surface area contributed by atoms with Gasteiger partial charge in [0.25, 0.3) is 5.91 Å². The normalized spacial score (nSPS) is 11.0. The van der Waals surface area contributed by atoms with E-state index in [1.807, 2.05) is 24.3 Å². The van der Waals surface area contributed by atoms with Crippen molar-refractivity contribution in [1.29, 1.82) is 0 Å². The van der Waals surface area contributed by atoms with Crippen molar-refractivity contribution in [1.82, 2.24) is 4.90 Å². The van der Waals surface area contributed by atoms with Crippen LogP contribution in [0.1, 0.15) is 56.5 Å². The Balaban J connectivity index is 2.25. The Morgan fingerprint density at radius 2 is 1.76 bits per heavy atom. The van der Waals surface area contributed by atoms with Gasteiger partial charge in [-0.05, 0) is 35.6 Å². The van der Waals surface area contributed by atoms with Gasteiger partial charge in [-0.1, -0.05) is 38.1 Å². The predicted molar refractivity (Wildman–Crippen MR) is 117 cm³/mol. The number of hydrogen-bond donors (Lipinski definition) is 1. The molecule has 0 saturated heterocycles. The molecule has 0 atom stereocenters. The molecule has 2 rings (SSSR count). The number of methoxy groups -OCH3 is 1. The van der Waals surface area contributed by atoms with Crippen LogP contribution in [0.4, 0.5) is 5.00 Å². The van der Waals surface area contributed by atoms with E-state index in [0.717, 1.165) is 16.9 Å². The van der Waals surface area contributed by atoms with Crippen molar-refractivity contribution in [3.8, 4) is 0 Å². The number of amides is 2.